The van der Waals surface area contributed by atoms with Gasteiger partial charge in [0.2, 0.25) is 5.91 Å². The van der Waals surface area contributed by atoms with E-state index in [1.54, 1.807) is 12.1 Å². The number of aromatic nitrogens is 3. The molecular weight excluding hydrogens is 423 g/mol. The highest BCUT2D eigenvalue weighted by Gasteiger charge is 2.55. The molecule has 1 spiro atoms. The van der Waals surface area contributed by atoms with E-state index >= 15 is 0 Å². The first-order valence-electron chi connectivity index (χ1n) is 9.52. The third-order valence-electron chi connectivity index (χ3n) is 5.76. The van der Waals surface area contributed by atoms with Crippen molar-refractivity contribution in [2.75, 3.05) is 29.9 Å². The summed E-state index contributed by atoms with van der Waals surface area (Å²) in [6, 6.07) is 9.17. The number of likely N-dealkylation sites (tertiary alicyclic amines) is 1. The van der Waals surface area contributed by atoms with Crippen molar-refractivity contribution in [2.24, 2.45) is 0 Å². The fraction of sp³-hybridized carbons (Fsp3) is 0.238. The monoisotopic (exact) mass is 440 g/mol. The molecule has 2 saturated heterocycles. The maximum absolute atomic E-state index is 12.0. The molecule has 2 aliphatic rings. The Morgan fingerprint density at radius 2 is 2.00 bits per heavy atom. The Kier molecular flexibility index (Phi) is 4.52. The predicted octanol–water partition coefficient (Wildman–Crippen LogP) is 4.05. The van der Waals surface area contributed by atoms with Crippen LogP contribution in [0.25, 0.3) is 11.0 Å². The number of anilines is 3. The van der Waals surface area contributed by atoms with Crippen molar-refractivity contribution in [2.45, 2.75) is 12.0 Å². The first kappa shape index (κ1) is 19.1. The van der Waals surface area contributed by atoms with Crippen LogP contribution in [0.3, 0.4) is 0 Å². The number of carbonyl (C=O) groups is 1. The lowest BCUT2D eigenvalue weighted by molar-refractivity contribution is -0.144. The second kappa shape index (κ2) is 7.11. The van der Waals surface area contributed by atoms with Crippen LogP contribution in [0.1, 0.15) is 6.42 Å². The average Bonchev–Trinajstić information content (AvgIpc) is 2.69. The van der Waals surface area contributed by atoms with E-state index < -0.39 is 0 Å². The second-order valence-electron chi connectivity index (χ2n) is 7.54. The fourth-order valence-electron chi connectivity index (χ4n) is 4.06. The maximum atomic E-state index is 12.0. The topological polar surface area (TPSA) is 74.2 Å². The van der Waals surface area contributed by atoms with Crippen LogP contribution in [0.15, 0.2) is 49.3 Å². The summed E-state index contributed by atoms with van der Waals surface area (Å²) in [7, 11) is 0. The fourth-order valence-corrected chi connectivity index (χ4v) is 4.36. The van der Waals surface area contributed by atoms with Gasteiger partial charge in [0.1, 0.15) is 17.7 Å². The average molecular weight is 441 g/mol. The molecule has 7 nitrogen and oxygen atoms in total. The zero-order chi connectivity index (χ0) is 20.9. The van der Waals surface area contributed by atoms with E-state index in [1.807, 2.05) is 23.1 Å². The van der Waals surface area contributed by atoms with Crippen molar-refractivity contribution in [3.63, 3.8) is 0 Å². The second-order valence-corrected chi connectivity index (χ2v) is 8.35. The van der Waals surface area contributed by atoms with Crippen LogP contribution in [-0.2, 0) is 4.79 Å². The number of hydrogen-bond donors (Lipinski definition) is 1. The van der Waals surface area contributed by atoms with E-state index in [1.165, 1.54) is 12.4 Å². The van der Waals surface area contributed by atoms with Gasteiger partial charge < -0.3 is 15.1 Å². The Bertz CT molecular complexity index is 1180. The molecule has 3 aromatic rings. The highest BCUT2D eigenvalue weighted by molar-refractivity contribution is 6.42. The summed E-state index contributed by atoms with van der Waals surface area (Å²) in [5.74, 6) is 1.41. The van der Waals surface area contributed by atoms with Crippen LogP contribution in [0, 0.1) is 0 Å². The number of fused-ring (bicyclic) bond motifs is 1. The summed E-state index contributed by atoms with van der Waals surface area (Å²) in [5, 5.41) is 4.19. The molecule has 4 heterocycles. The van der Waals surface area contributed by atoms with E-state index in [2.05, 4.69) is 26.8 Å². The molecular formula is C21H18Cl2N6O. The Morgan fingerprint density at radius 1 is 1.17 bits per heavy atom. The van der Waals surface area contributed by atoms with Crippen LogP contribution < -0.4 is 10.2 Å². The van der Waals surface area contributed by atoms with E-state index in [9.17, 15) is 4.79 Å². The summed E-state index contributed by atoms with van der Waals surface area (Å²) < 4.78 is 0. The molecule has 0 bridgehead atoms. The summed E-state index contributed by atoms with van der Waals surface area (Å²) >= 11 is 12.1. The number of pyridine rings is 1. The van der Waals surface area contributed by atoms with Gasteiger partial charge in [0.05, 0.1) is 21.1 Å². The van der Waals surface area contributed by atoms with E-state index in [-0.39, 0.29) is 11.4 Å². The van der Waals surface area contributed by atoms with Gasteiger partial charge in [0, 0.05) is 25.3 Å². The lowest BCUT2D eigenvalue weighted by Crippen LogP contribution is -2.78. The van der Waals surface area contributed by atoms with Gasteiger partial charge in [-0.25, -0.2) is 15.0 Å². The van der Waals surface area contributed by atoms with Crippen molar-refractivity contribution in [1.29, 1.82) is 0 Å². The number of rotatable bonds is 4. The molecule has 0 atom stereocenters. The molecule has 2 aromatic heterocycles. The SMILES string of the molecule is C=CC(=O)N1CCC12CN(c1ccc3ncnc(Nc4ccc(Cl)c(Cl)c4)c3n1)C2. The van der Waals surface area contributed by atoms with Gasteiger partial charge in [0.25, 0.3) is 0 Å². The third-order valence-corrected chi connectivity index (χ3v) is 6.50. The molecule has 2 aliphatic heterocycles. The van der Waals surface area contributed by atoms with Crippen molar-refractivity contribution in [3.8, 4) is 0 Å². The van der Waals surface area contributed by atoms with Gasteiger partial charge in [-0.3, -0.25) is 4.79 Å². The number of halogens is 2. The number of carbonyl (C=O) groups excluding carboxylic acids is 1. The lowest BCUT2D eigenvalue weighted by Gasteiger charge is -2.62. The van der Waals surface area contributed by atoms with Crippen LogP contribution in [0.5, 0.6) is 0 Å². The highest BCUT2D eigenvalue weighted by Crippen LogP contribution is 2.41. The molecule has 5 rings (SSSR count). The molecule has 9 heteroatoms. The van der Waals surface area contributed by atoms with E-state index in [4.69, 9.17) is 28.2 Å². The Morgan fingerprint density at radius 3 is 2.70 bits per heavy atom. The largest absolute Gasteiger partial charge is 0.352 e. The minimum absolute atomic E-state index is 0.00566. The van der Waals surface area contributed by atoms with Crippen molar-refractivity contribution in [3.05, 3.63) is 59.4 Å². The van der Waals surface area contributed by atoms with E-state index in [0.717, 1.165) is 43.1 Å². The van der Waals surface area contributed by atoms with Gasteiger partial charge in [-0.2, -0.15) is 0 Å². The Labute approximate surface area is 183 Å². The van der Waals surface area contributed by atoms with Gasteiger partial charge in [-0.15, -0.1) is 0 Å². The number of nitrogens with zero attached hydrogens (tertiary/aromatic N) is 5. The highest BCUT2D eigenvalue weighted by atomic mass is 35.5. The van der Waals surface area contributed by atoms with E-state index in [0.29, 0.717) is 21.4 Å². The first-order valence-corrected chi connectivity index (χ1v) is 10.3. The molecule has 0 radical (unpaired) electrons. The zero-order valence-corrected chi connectivity index (χ0v) is 17.5. The first-order chi connectivity index (χ1) is 14.5. The maximum Gasteiger partial charge on any atom is 0.246 e. The van der Waals surface area contributed by atoms with Crippen molar-refractivity contribution in [1.82, 2.24) is 19.9 Å². The van der Waals surface area contributed by atoms with Crippen LogP contribution in [0.4, 0.5) is 17.3 Å². The quantitative estimate of drug-likeness (QED) is 0.616. The summed E-state index contributed by atoms with van der Waals surface area (Å²) in [5.41, 5.74) is 2.07. The van der Waals surface area contributed by atoms with Crippen LogP contribution >= 0.6 is 23.2 Å². The normalized spacial score (nSPS) is 16.9. The minimum Gasteiger partial charge on any atom is -0.352 e. The molecule has 30 heavy (non-hydrogen) atoms. The lowest BCUT2D eigenvalue weighted by atomic mass is 9.77. The molecule has 1 N–H and O–H groups in total. The molecule has 0 unspecified atom stereocenters. The Hall–Kier alpha value is -2.90. The summed E-state index contributed by atoms with van der Waals surface area (Å²) in [4.78, 5) is 29.6. The molecule has 0 aliphatic carbocycles. The molecule has 1 amide bonds. The summed E-state index contributed by atoms with van der Waals surface area (Å²) in [6.45, 7) is 5.90. The van der Waals surface area contributed by atoms with Gasteiger partial charge >= 0.3 is 0 Å². The van der Waals surface area contributed by atoms with Gasteiger partial charge in [-0.1, -0.05) is 29.8 Å². The van der Waals surface area contributed by atoms with Crippen LogP contribution in [0.2, 0.25) is 10.0 Å². The number of benzene rings is 1. The standard InChI is InChI=1S/C21H18Cl2N6O/c1-2-18(30)29-8-7-21(29)10-28(11-21)17-6-5-16-19(27-17)20(25-12-24-16)26-13-3-4-14(22)15(23)9-13/h2-6,9,12H,1,7-8,10-11H2,(H,24,25,26). The van der Waals surface area contributed by atoms with Crippen molar-refractivity contribution >= 4 is 57.5 Å². The predicted molar refractivity (Wildman–Crippen MR) is 119 cm³/mol. The van der Waals surface area contributed by atoms with Crippen LogP contribution in [-0.4, -0.2) is 50.9 Å². The Balaban J connectivity index is 1.41. The zero-order valence-electron chi connectivity index (χ0n) is 16.0. The molecule has 2 fully saturated rings. The molecule has 152 valence electrons. The molecule has 1 aromatic carbocycles. The number of nitrogens with one attached hydrogen (secondary N) is 1. The molecule has 0 saturated carbocycles. The minimum atomic E-state index is -0.0871. The third kappa shape index (κ3) is 3.05. The summed E-state index contributed by atoms with van der Waals surface area (Å²) in [6.07, 6.45) is 3.88. The smallest absolute Gasteiger partial charge is 0.246 e. The van der Waals surface area contributed by atoms with Gasteiger partial charge in [0.15, 0.2) is 5.82 Å². The number of amides is 1. The number of hydrogen-bond acceptors (Lipinski definition) is 6. The van der Waals surface area contributed by atoms with Gasteiger partial charge in [-0.05, 0) is 42.8 Å². The van der Waals surface area contributed by atoms with Crippen molar-refractivity contribution < 1.29 is 4.79 Å².